The summed E-state index contributed by atoms with van der Waals surface area (Å²) in [5.74, 6) is -1.05. The Morgan fingerprint density at radius 3 is 2.43 bits per heavy atom. The van der Waals surface area contributed by atoms with E-state index in [1.54, 1.807) is 32.9 Å². The Kier molecular flexibility index (Phi) is 3.84. The Hall–Kier alpha value is -2.56. The Morgan fingerprint density at radius 1 is 1.14 bits per heavy atom. The molecule has 0 atom stereocenters. The third-order valence-corrected chi connectivity index (χ3v) is 2.74. The van der Waals surface area contributed by atoms with Crippen LogP contribution in [0, 0.1) is 0 Å². The fourth-order valence-electron chi connectivity index (χ4n) is 1.95. The maximum atomic E-state index is 11.9. The van der Waals surface area contributed by atoms with Crippen molar-refractivity contribution in [1.82, 2.24) is 0 Å². The van der Waals surface area contributed by atoms with E-state index < -0.39 is 17.7 Å². The van der Waals surface area contributed by atoms with Crippen molar-refractivity contribution in [1.29, 1.82) is 0 Å². The number of carbonyl (C=O) groups is 2. The van der Waals surface area contributed by atoms with Gasteiger partial charge in [0.15, 0.2) is 0 Å². The Balaban J connectivity index is 2.42. The van der Waals surface area contributed by atoms with Crippen molar-refractivity contribution in [2.24, 2.45) is 0 Å². The molecule has 0 aliphatic carbocycles. The summed E-state index contributed by atoms with van der Waals surface area (Å²) in [6.45, 7) is 5.29. The Morgan fingerprint density at radius 2 is 1.81 bits per heavy atom. The van der Waals surface area contributed by atoms with E-state index in [9.17, 15) is 9.59 Å². The third-order valence-electron chi connectivity index (χ3n) is 2.74. The van der Waals surface area contributed by atoms with Crippen LogP contribution in [0.15, 0.2) is 36.4 Å². The number of fused-ring (bicyclic) bond motifs is 1. The molecule has 0 fully saturated rings. The highest BCUT2D eigenvalue weighted by Gasteiger charge is 2.17. The maximum Gasteiger partial charge on any atom is 0.412 e. The molecule has 0 unspecified atom stereocenters. The molecule has 0 aliphatic heterocycles. The second kappa shape index (κ2) is 5.44. The van der Waals surface area contributed by atoms with Gasteiger partial charge in [0, 0.05) is 5.39 Å². The standard InChI is InChI=1S/C16H17NO4/c1-16(2,3)21-15(20)17-13-9-11(14(18)19)8-10-6-4-5-7-12(10)13/h4-9H,1-3H3,(H,17,20)(H,18,19). The number of nitrogens with one attached hydrogen (secondary N) is 1. The molecule has 21 heavy (non-hydrogen) atoms. The molecule has 2 aromatic rings. The van der Waals surface area contributed by atoms with Gasteiger partial charge in [-0.2, -0.15) is 0 Å². The predicted octanol–water partition coefficient (Wildman–Crippen LogP) is 3.89. The molecule has 2 rings (SSSR count). The molecule has 5 nitrogen and oxygen atoms in total. The monoisotopic (exact) mass is 287 g/mol. The topological polar surface area (TPSA) is 75.6 Å². The summed E-state index contributed by atoms with van der Waals surface area (Å²) in [5.41, 5.74) is -0.0934. The number of benzene rings is 2. The Labute approximate surface area is 122 Å². The summed E-state index contributed by atoms with van der Waals surface area (Å²) in [6.07, 6.45) is -0.616. The van der Waals surface area contributed by atoms with Crippen molar-refractivity contribution >= 4 is 28.5 Å². The molecular weight excluding hydrogens is 270 g/mol. The van der Waals surface area contributed by atoms with Crippen LogP contribution in [-0.4, -0.2) is 22.8 Å². The first-order chi connectivity index (χ1) is 9.76. The van der Waals surface area contributed by atoms with Crippen molar-refractivity contribution in [2.75, 3.05) is 5.32 Å². The maximum absolute atomic E-state index is 11.9. The molecule has 0 radical (unpaired) electrons. The van der Waals surface area contributed by atoms with Crippen LogP contribution in [0.5, 0.6) is 0 Å². The van der Waals surface area contributed by atoms with Crippen molar-refractivity contribution < 1.29 is 19.4 Å². The average molecular weight is 287 g/mol. The third kappa shape index (κ3) is 3.72. The quantitative estimate of drug-likeness (QED) is 0.878. The molecule has 2 N–H and O–H groups in total. The highest BCUT2D eigenvalue weighted by molar-refractivity contribution is 6.04. The second-order valence-corrected chi connectivity index (χ2v) is 5.68. The molecule has 0 saturated heterocycles. The molecule has 5 heteroatoms. The largest absolute Gasteiger partial charge is 0.478 e. The summed E-state index contributed by atoms with van der Waals surface area (Å²) in [7, 11) is 0. The number of anilines is 1. The van der Waals surface area contributed by atoms with Gasteiger partial charge in [0.2, 0.25) is 0 Å². The van der Waals surface area contributed by atoms with Crippen LogP contribution in [0.1, 0.15) is 31.1 Å². The van der Waals surface area contributed by atoms with Gasteiger partial charge in [-0.15, -0.1) is 0 Å². The summed E-state index contributed by atoms with van der Waals surface area (Å²) in [5, 5.41) is 13.3. The molecule has 0 heterocycles. The van der Waals surface area contributed by atoms with E-state index in [1.807, 2.05) is 18.2 Å². The van der Waals surface area contributed by atoms with Crippen LogP contribution >= 0.6 is 0 Å². The smallest absolute Gasteiger partial charge is 0.412 e. The number of ether oxygens (including phenoxy) is 1. The highest BCUT2D eigenvalue weighted by Crippen LogP contribution is 2.26. The van der Waals surface area contributed by atoms with E-state index in [4.69, 9.17) is 9.84 Å². The number of rotatable bonds is 2. The van der Waals surface area contributed by atoms with Gasteiger partial charge in [-0.25, -0.2) is 9.59 Å². The lowest BCUT2D eigenvalue weighted by molar-refractivity contribution is 0.0633. The zero-order chi connectivity index (χ0) is 15.6. The second-order valence-electron chi connectivity index (χ2n) is 5.68. The minimum Gasteiger partial charge on any atom is -0.478 e. The van der Waals surface area contributed by atoms with E-state index >= 15 is 0 Å². The fourth-order valence-corrected chi connectivity index (χ4v) is 1.95. The minimum atomic E-state index is -1.05. The van der Waals surface area contributed by atoms with Crippen molar-refractivity contribution in [3.05, 3.63) is 42.0 Å². The predicted molar refractivity (Wildman–Crippen MR) is 80.8 cm³/mol. The first-order valence-electron chi connectivity index (χ1n) is 6.52. The molecular formula is C16H17NO4. The fraction of sp³-hybridized carbons (Fsp3) is 0.250. The van der Waals surface area contributed by atoms with Crippen LogP contribution in [0.3, 0.4) is 0 Å². The van der Waals surface area contributed by atoms with E-state index in [1.165, 1.54) is 6.07 Å². The molecule has 0 aliphatic rings. The van der Waals surface area contributed by atoms with E-state index in [2.05, 4.69) is 5.32 Å². The van der Waals surface area contributed by atoms with Gasteiger partial charge in [0.25, 0.3) is 0 Å². The molecule has 1 amide bonds. The normalized spacial score (nSPS) is 11.2. The van der Waals surface area contributed by atoms with Crippen molar-refractivity contribution in [3.8, 4) is 0 Å². The number of aromatic carboxylic acids is 1. The first kappa shape index (κ1) is 14.8. The van der Waals surface area contributed by atoms with E-state index in [0.717, 1.165) is 10.8 Å². The van der Waals surface area contributed by atoms with Crippen molar-refractivity contribution in [3.63, 3.8) is 0 Å². The first-order valence-corrected chi connectivity index (χ1v) is 6.52. The van der Waals surface area contributed by atoms with Gasteiger partial charge < -0.3 is 9.84 Å². The molecule has 2 aromatic carbocycles. The van der Waals surface area contributed by atoms with E-state index in [0.29, 0.717) is 5.69 Å². The zero-order valence-electron chi connectivity index (χ0n) is 12.1. The van der Waals surface area contributed by atoms with Crippen LogP contribution < -0.4 is 5.32 Å². The van der Waals surface area contributed by atoms with Gasteiger partial charge in [-0.1, -0.05) is 24.3 Å². The lowest BCUT2D eigenvalue weighted by atomic mass is 10.0. The summed E-state index contributed by atoms with van der Waals surface area (Å²) >= 11 is 0. The average Bonchev–Trinajstić information content (AvgIpc) is 2.36. The molecule has 0 bridgehead atoms. The molecule has 0 aromatic heterocycles. The van der Waals surface area contributed by atoms with Gasteiger partial charge in [-0.3, -0.25) is 5.32 Å². The summed E-state index contributed by atoms with van der Waals surface area (Å²) in [6, 6.07) is 10.2. The zero-order valence-corrected chi connectivity index (χ0v) is 12.1. The number of amides is 1. The van der Waals surface area contributed by atoms with E-state index in [-0.39, 0.29) is 5.56 Å². The Bertz CT molecular complexity index is 701. The summed E-state index contributed by atoms with van der Waals surface area (Å²) in [4.78, 5) is 23.0. The number of carboxylic acids is 1. The molecule has 110 valence electrons. The molecule has 0 spiro atoms. The van der Waals surface area contributed by atoms with Crippen LogP contribution in [0.2, 0.25) is 0 Å². The number of carboxylic acid groups (broad SMARTS) is 1. The number of hydrogen-bond donors (Lipinski definition) is 2. The van der Waals surface area contributed by atoms with Crippen molar-refractivity contribution in [2.45, 2.75) is 26.4 Å². The highest BCUT2D eigenvalue weighted by atomic mass is 16.6. The van der Waals surface area contributed by atoms with Gasteiger partial charge in [0.1, 0.15) is 5.60 Å². The van der Waals surface area contributed by atoms with Gasteiger partial charge in [-0.05, 0) is 38.3 Å². The molecule has 0 saturated carbocycles. The minimum absolute atomic E-state index is 0.111. The number of carbonyl (C=O) groups excluding carboxylic acids is 1. The van der Waals surface area contributed by atoms with Gasteiger partial charge >= 0.3 is 12.1 Å². The van der Waals surface area contributed by atoms with Crippen LogP contribution in [-0.2, 0) is 4.74 Å². The van der Waals surface area contributed by atoms with Gasteiger partial charge in [0.05, 0.1) is 11.3 Å². The SMILES string of the molecule is CC(C)(C)OC(=O)Nc1cc(C(=O)O)cc2ccccc12. The lowest BCUT2D eigenvalue weighted by Crippen LogP contribution is -2.27. The lowest BCUT2D eigenvalue weighted by Gasteiger charge is -2.20. The van der Waals surface area contributed by atoms with Crippen LogP contribution in [0.4, 0.5) is 10.5 Å². The van der Waals surface area contributed by atoms with Crippen LogP contribution in [0.25, 0.3) is 10.8 Å². The number of hydrogen-bond acceptors (Lipinski definition) is 3. The summed E-state index contributed by atoms with van der Waals surface area (Å²) < 4.78 is 5.19.